The molecule has 0 amide bonds. The zero-order chi connectivity index (χ0) is 28.3. The molecule has 14 nitrogen and oxygen atoms in total. The lowest BCUT2D eigenvalue weighted by Crippen LogP contribution is -2.35. The molecule has 0 saturated carbocycles. The van der Waals surface area contributed by atoms with Gasteiger partial charge in [-0.2, -0.15) is 15.3 Å². The number of nitrogens with zero attached hydrogens (tertiary/aromatic N) is 7. The van der Waals surface area contributed by atoms with Crippen molar-refractivity contribution in [3.05, 3.63) is 40.8 Å². The topological polar surface area (TPSA) is 190 Å². The minimum Gasteiger partial charge on any atom is -0.393 e. The predicted octanol–water partition coefficient (Wildman–Crippen LogP) is 2.09. The van der Waals surface area contributed by atoms with Gasteiger partial charge in [-0.3, -0.25) is 9.32 Å². The number of aliphatic hydroxyl groups excluding tert-OH is 1. The van der Waals surface area contributed by atoms with Gasteiger partial charge in [-0.25, -0.2) is 14.2 Å². The molecule has 3 aromatic rings. The number of aromatic nitrogens is 4. The number of benzene rings is 1. The Morgan fingerprint density at radius 2 is 1.73 bits per heavy atom. The third kappa shape index (κ3) is 6.57. The molecule has 0 atom stereocenters. The molecule has 0 bridgehead atoms. The van der Waals surface area contributed by atoms with Gasteiger partial charge in [0.1, 0.15) is 16.7 Å². The molecular formula is C25H31N8O6P. The normalized spacial score (nSPS) is 17.2. The van der Waals surface area contributed by atoms with E-state index in [9.17, 15) is 14.5 Å². The van der Waals surface area contributed by atoms with Crippen molar-refractivity contribution in [1.82, 2.24) is 19.7 Å². The van der Waals surface area contributed by atoms with Crippen molar-refractivity contribution in [2.75, 3.05) is 41.3 Å². The number of phosphoric ester groups is 1. The highest BCUT2D eigenvalue weighted by atomic mass is 31.2. The second-order valence-electron chi connectivity index (χ2n) is 10.0. The first-order chi connectivity index (χ1) is 19.2. The van der Waals surface area contributed by atoms with Crippen LogP contribution >= 0.6 is 7.82 Å². The van der Waals surface area contributed by atoms with Gasteiger partial charge >= 0.3 is 7.82 Å². The van der Waals surface area contributed by atoms with Crippen molar-refractivity contribution in [3.63, 3.8) is 0 Å². The Kier molecular flexibility index (Phi) is 8.30. The Balaban J connectivity index is 1.46. The predicted molar refractivity (Wildman–Crippen MR) is 147 cm³/mol. The molecule has 40 heavy (non-hydrogen) atoms. The van der Waals surface area contributed by atoms with Gasteiger partial charge in [-0.05, 0) is 55.9 Å². The van der Waals surface area contributed by atoms with Crippen LogP contribution in [-0.2, 0) is 15.8 Å². The summed E-state index contributed by atoms with van der Waals surface area (Å²) >= 11 is 0. The lowest BCUT2D eigenvalue weighted by atomic mass is 9.94. The van der Waals surface area contributed by atoms with Crippen LogP contribution in [0.25, 0.3) is 10.9 Å². The molecule has 5 rings (SSSR count). The van der Waals surface area contributed by atoms with Crippen LogP contribution in [0.1, 0.15) is 32.1 Å². The molecule has 2 fully saturated rings. The summed E-state index contributed by atoms with van der Waals surface area (Å²) in [5.74, 6) is 0.966. The summed E-state index contributed by atoms with van der Waals surface area (Å²) in [6, 6.07) is 9.89. The molecule has 0 unspecified atom stereocenters. The fourth-order valence-electron chi connectivity index (χ4n) is 5.01. The number of anilines is 4. The quantitative estimate of drug-likeness (QED) is 0.288. The van der Waals surface area contributed by atoms with Crippen molar-refractivity contribution in [1.29, 1.82) is 5.26 Å². The molecule has 2 aliphatic heterocycles. The first-order valence-corrected chi connectivity index (χ1v) is 14.6. The summed E-state index contributed by atoms with van der Waals surface area (Å²) in [5, 5.41) is 26.1. The number of hydrogen-bond acceptors (Lipinski definition) is 11. The minimum absolute atomic E-state index is 0.0986. The fourth-order valence-corrected chi connectivity index (χ4v) is 5.27. The van der Waals surface area contributed by atoms with Crippen molar-refractivity contribution in [3.8, 4) is 6.07 Å². The third-order valence-corrected chi connectivity index (χ3v) is 7.73. The van der Waals surface area contributed by atoms with E-state index < -0.39 is 20.1 Å². The molecule has 2 saturated heterocycles. The Morgan fingerprint density at radius 3 is 2.38 bits per heavy atom. The maximum atomic E-state index is 13.3. The van der Waals surface area contributed by atoms with Crippen LogP contribution in [0.5, 0.6) is 0 Å². The number of rotatable bonds is 8. The molecule has 4 heterocycles. The van der Waals surface area contributed by atoms with Crippen LogP contribution in [-0.4, -0.2) is 66.9 Å². The van der Waals surface area contributed by atoms with E-state index >= 15 is 0 Å². The van der Waals surface area contributed by atoms with Gasteiger partial charge in [-0.15, -0.1) is 0 Å². The van der Waals surface area contributed by atoms with Gasteiger partial charge in [0.15, 0.2) is 6.73 Å². The summed E-state index contributed by atoms with van der Waals surface area (Å²) < 4.78 is 16.5. The fraction of sp³-hybridized carbons (Fsp3) is 0.480. The monoisotopic (exact) mass is 570 g/mol. The highest BCUT2D eigenvalue weighted by Crippen LogP contribution is 2.36. The lowest BCUT2D eigenvalue weighted by molar-refractivity contribution is 0.142. The average molecular weight is 571 g/mol. The Bertz CT molecular complexity index is 1490. The van der Waals surface area contributed by atoms with E-state index in [2.05, 4.69) is 35.9 Å². The molecule has 0 aliphatic carbocycles. The SMILES string of the molecule is N#CCC1CCN(c2nc(Nc3ccc(N4CCC(O)CC4)cc3)c3c(=O)n(COP(=O)(O)O)ncc3n2)CC1. The van der Waals surface area contributed by atoms with Crippen molar-refractivity contribution >= 4 is 41.9 Å². The molecule has 212 valence electrons. The Labute approximate surface area is 230 Å². The summed E-state index contributed by atoms with van der Waals surface area (Å²) in [6.45, 7) is 2.12. The second-order valence-corrected chi connectivity index (χ2v) is 11.3. The zero-order valence-electron chi connectivity index (χ0n) is 21.8. The number of aliphatic hydroxyl groups is 1. The smallest absolute Gasteiger partial charge is 0.393 e. The molecular weight excluding hydrogens is 539 g/mol. The van der Waals surface area contributed by atoms with Gasteiger partial charge in [0, 0.05) is 44.0 Å². The molecule has 1 aromatic carbocycles. The van der Waals surface area contributed by atoms with Crippen molar-refractivity contribution in [2.45, 2.75) is 44.9 Å². The number of nitrogens with one attached hydrogen (secondary N) is 1. The molecule has 2 aromatic heterocycles. The number of phosphoric acid groups is 1. The summed E-state index contributed by atoms with van der Waals surface area (Å²) in [5.41, 5.74) is 1.30. The molecule has 0 spiro atoms. The van der Waals surface area contributed by atoms with Crippen LogP contribution in [0.4, 0.5) is 23.1 Å². The second kappa shape index (κ2) is 11.9. The van der Waals surface area contributed by atoms with E-state index in [0.29, 0.717) is 37.1 Å². The van der Waals surface area contributed by atoms with Gasteiger partial charge in [0.2, 0.25) is 5.95 Å². The largest absolute Gasteiger partial charge is 0.471 e. The van der Waals surface area contributed by atoms with E-state index in [-0.39, 0.29) is 22.8 Å². The highest BCUT2D eigenvalue weighted by Gasteiger charge is 2.24. The molecule has 4 N–H and O–H groups in total. The maximum Gasteiger partial charge on any atom is 0.471 e. The lowest BCUT2D eigenvalue weighted by Gasteiger charge is -2.31. The maximum absolute atomic E-state index is 13.3. The van der Waals surface area contributed by atoms with E-state index in [1.165, 1.54) is 6.20 Å². The average Bonchev–Trinajstić information content (AvgIpc) is 2.93. The van der Waals surface area contributed by atoms with E-state index in [1.807, 2.05) is 29.2 Å². The molecule has 0 radical (unpaired) electrons. The highest BCUT2D eigenvalue weighted by molar-refractivity contribution is 7.46. The van der Waals surface area contributed by atoms with E-state index in [4.69, 9.17) is 15.0 Å². The number of fused-ring (bicyclic) bond motifs is 1. The summed E-state index contributed by atoms with van der Waals surface area (Å²) in [4.78, 5) is 44.9. The zero-order valence-corrected chi connectivity index (χ0v) is 22.7. The number of nitriles is 1. The van der Waals surface area contributed by atoms with Crippen LogP contribution in [0, 0.1) is 17.2 Å². The van der Waals surface area contributed by atoms with Crippen molar-refractivity contribution < 1.29 is 24.0 Å². The standard InChI is InChI=1S/C25H31N8O6P/c26-10-5-17-6-11-32(12-7-17)25-29-21-15-27-33(16-39-40(36,37)38)24(35)22(21)23(30-25)28-18-1-3-19(4-2-18)31-13-8-20(34)9-14-31/h1-4,15,17,20,34H,5-9,11-14,16H2,(H,28,29,30)(H2,36,37,38). The van der Waals surface area contributed by atoms with E-state index in [1.54, 1.807) is 0 Å². The molecule has 15 heteroatoms. The first-order valence-electron chi connectivity index (χ1n) is 13.1. The van der Waals surface area contributed by atoms with E-state index in [0.717, 1.165) is 49.1 Å². The van der Waals surface area contributed by atoms with Crippen LogP contribution in [0.3, 0.4) is 0 Å². The molecule has 2 aliphatic rings. The van der Waals surface area contributed by atoms with Crippen LogP contribution in [0.2, 0.25) is 0 Å². The third-order valence-electron chi connectivity index (χ3n) is 7.28. The summed E-state index contributed by atoms with van der Waals surface area (Å²) in [7, 11) is -4.83. The minimum atomic E-state index is -4.83. The number of hydrogen-bond donors (Lipinski definition) is 4. The van der Waals surface area contributed by atoms with Gasteiger partial charge in [-0.1, -0.05) is 0 Å². The van der Waals surface area contributed by atoms with Crippen LogP contribution < -0.4 is 20.7 Å². The van der Waals surface area contributed by atoms with Gasteiger partial charge in [0.25, 0.3) is 5.56 Å². The van der Waals surface area contributed by atoms with Crippen LogP contribution in [0.15, 0.2) is 35.3 Å². The van der Waals surface area contributed by atoms with Gasteiger partial charge < -0.3 is 30.0 Å². The summed E-state index contributed by atoms with van der Waals surface area (Å²) in [6.07, 6.45) is 4.67. The number of piperidine rings is 2. The Morgan fingerprint density at radius 1 is 1.05 bits per heavy atom. The van der Waals surface area contributed by atoms with Gasteiger partial charge in [0.05, 0.1) is 18.4 Å². The Hall–Kier alpha value is -3.60. The van der Waals surface area contributed by atoms with Crippen molar-refractivity contribution in [2.24, 2.45) is 5.92 Å². The first kappa shape index (κ1) is 27.9.